The number of aliphatic hydroxyl groups excluding tert-OH is 1. The van der Waals surface area contributed by atoms with Crippen LogP contribution in [-0.2, 0) is 28.8 Å². The van der Waals surface area contributed by atoms with E-state index >= 15 is 0 Å². The van der Waals surface area contributed by atoms with Crippen molar-refractivity contribution in [1.29, 1.82) is 0 Å². The third kappa shape index (κ3) is 11.2. The number of rotatable bonds is 15. The molecular weight excluding hydrogens is 436 g/mol. The van der Waals surface area contributed by atoms with E-state index in [4.69, 9.17) is 27.4 Å². The predicted molar refractivity (Wildman–Crippen MR) is 109 cm³/mol. The fraction of sp³-hybridized carbons (Fsp3) is 0.625. The third-order valence-electron chi connectivity index (χ3n) is 3.84. The highest BCUT2D eigenvalue weighted by atomic mass is 32.2. The van der Waals surface area contributed by atoms with E-state index in [1.54, 1.807) is 0 Å². The van der Waals surface area contributed by atoms with Crippen molar-refractivity contribution in [1.82, 2.24) is 16.0 Å². The first-order valence-corrected chi connectivity index (χ1v) is 10.4. The zero-order valence-electron chi connectivity index (χ0n) is 16.8. The number of amides is 5. The molecule has 5 amide bonds. The number of primary amides is 2. The number of carboxylic acids is 1. The van der Waals surface area contributed by atoms with Gasteiger partial charge in [-0.3, -0.25) is 24.0 Å². The number of carbonyl (C=O) groups excluding carboxylic acids is 5. The van der Waals surface area contributed by atoms with Crippen molar-refractivity contribution in [3.8, 4) is 0 Å². The SMILES string of the molecule is CSCCC(N)C(=O)NC(CC(N)=O)C(=O)NC(CC(N)=O)C(=O)NC(CO)C(=O)O. The van der Waals surface area contributed by atoms with Gasteiger partial charge in [0.2, 0.25) is 29.5 Å². The fourth-order valence-electron chi connectivity index (χ4n) is 2.21. The van der Waals surface area contributed by atoms with Crippen molar-refractivity contribution in [2.45, 2.75) is 43.4 Å². The van der Waals surface area contributed by atoms with Gasteiger partial charge >= 0.3 is 5.97 Å². The molecule has 0 spiro atoms. The third-order valence-corrected chi connectivity index (χ3v) is 4.49. The summed E-state index contributed by atoms with van der Waals surface area (Å²) in [5.41, 5.74) is 15.9. The van der Waals surface area contributed by atoms with Crippen molar-refractivity contribution >= 4 is 47.3 Å². The molecule has 0 saturated heterocycles. The number of hydrogen-bond donors (Lipinski definition) is 8. The van der Waals surface area contributed by atoms with Crippen molar-refractivity contribution in [3.05, 3.63) is 0 Å². The molecule has 0 radical (unpaired) electrons. The summed E-state index contributed by atoms with van der Waals surface area (Å²) in [6.45, 7) is -0.952. The number of hydrogen-bond acceptors (Lipinski definition) is 9. The lowest BCUT2D eigenvalue weighted by Gasteiger charge is -2.24. The van der Waals surface area contributed by atoms with Gasteiger partial charge in [0.25, 0.3) is 0 Å². The summed E-state index contributed by atoms with van der Waals surface area (Å²) < 4.78 is 0. The zero-order valence-corrected chi connectivity index (χ0v) is 17.6. The number of nitrogens with one attached hydrogen (secondary N) is 3. The second kappa shape index (κ2) is 14.2. The highest BCUT2D eigenvalue weighted by Gasteiger charge is 2.31. The molecule has 0 heterocycles. The number of nitrogens with two attached hydrogens (primary N) is 3. The molecule has 0 aromatic heterocycles. The number of aliphatic carboxylic acids is 1. The second-order valence-corrected chi connectivity index (χ2v) is 7.42. The lowest BCUT2D eigenvalue weighted by Crippen LogP contribution is -2.58. The molecule has 0 aliphatic carbocycles. The molecule has 31 heavy (non-hydrogen) atoms. The fourth-order valence-corrected chi connectivity index (χ4v) is 2.70. The maximum Gasteiger partial charge on any atom is 0.328 e. The Bertz CT molecular complexity index is 691. The quantitative estimate of drug-likeness (QED) is 0.115. The maximum absolute atomic E-state index is 12.6. The Labute approximate surface area is 182 Å². The first kappa shape index (κ1) is 28.1. The van der Waals surface area contributed by atoms with Crippen molar-refractivity contribution < 1.29 is 39.0 Å². The molecule has 15 heteroatoms. The van der Waals surface area contributed by atoms with Gasteiger partial charge in [0.1, 0.15) is 18.1 Å². The first-order valence-electron chi connectivity index (χ1n) is 8.98. The summed E-state index contributed by atoms with van der Waals surface area (Å²) in [5, 5.41) is 24.2. The minimum absolute atomic E-state index is 0.294. The Hall–Kier alpha value is -2.91. The molecule has 0 saturated carbocycles. The van der Waals surface area contributed by atoms with Gasteiger partial charge in [-0.1, -0.05) is 0 Å². The Morgan fingerprint density at radius 1 is 0.839 bits per heavy atom. The lowest BCUT2D eigenvalue weighted by molar-refractivity contribution is -0.143. The Morgan fingerprint density at radius 3 is 1.61 bits per heavy atom. The van der Waals surface area contributed by atoms with Crippen LogP contribution in [0.3, 0.4) is 0 Å². The van der Waals surface area contributed by atoms with E-state index in [-0.39, 0.29) is 0 Å². The molecule has 14 nitrogen and oxygen atoms in total. The minimum Gasteiger partial charge on any atom is -0.480 e. The van der Waals surface area contributed by atoms with Crippen LogP contribution in [0.15, 0.2) is 0 Å². The van der Waals surface area contributed by atoms with Gasteiger partial charge in [0.05, 0.1) is 25.5 Å². The normalized spacial score (nSPS) is 14.4. The second-order valence-electron chi connectivity index (χ2n) is 6.43. The number of aliphatic hydroxyl groups is 1. The van der Waals surface area contributed by atoms with Crippen molar-refractivity contribution in [2.75, 3.05) is 18.6 Å². The van der Waals surface area contributed by atoms with Crippen LogP contribution in [0.25, 0.3) is 0 Å². The largest absolute Gasteiger partial charge is 0.480 e. The minimum atomic E-state index is -1.70. The molecule has 4 atom stereocenters. The zero-order chi connectivity index (χ0) is 24.1. The van der Waals surface area contributed by atoms with Gasteiger partial charge in [-0.15, -0.1) is 0 Å². The van der Waals surface area contributed by atoms with Gasteiger partial charge in [-0.25, -0.2) is 4.79 Å². The van der Waals surface area contributed by atoms with Crippen LogP contribution >= 0.6 is 11.8 Å². The van der Waals surface area contributed by atoms with Crippen LogP contribution < -0.4 is 33.2 Å². The summed E-state index contributed by atoms with van der Waals surface area (Å²) >= 11 is 1.45. The predicted octanol–water partition coefficient (Wildman–Crippen LogP) is -4.65. The average molecular weight is 465 g/mol. The van der Waals surface area contributed by atoms with Crippen LogP contribution in [0.4, 0.5) is 0 Å². The van der Waals surface area contributed by atoms with Crippen LogP contribution in [-0.4, -0.2) is 88.5 Å². The maximum atomic E-state index is 12.6. The monoisotopic (exact) mass is 464 g/mol. The summed E-state index contributed by atoms with van der Waals surface area (Å²) in [6.07, 6.45) is 0.748. The van der Waals surface area contributed by atoms with E-state index in [1.807, 2.05) is 11.6 Å². The Morgan fingerprint density at radius 2 is 1.26 bits per heavy atom. The van der Waals surface area contributed by atoms with Gasteiger partial charge in [-0.2, -0.15) is 11.8 Å². The van der Waals surface area contributed by atoms with Crippen LogP contribution in [0.2, 0.25) is 0 Å². The molecule has 0 aromatic rings. The summed E-state index contributed by atoms with van der Waals surface area (Å²) in [6, 6.07) is -5.82. The van der Waals surface area contributed by atoms with Crippen molar-refractivity contribution in [3.63, 3.8) is 0 Å². The van der Waals surface area contributed by atoms with Gasteiger partial charge < -0.3 is 43.4 Å². The number of thioether (sulfide) groups is 1. The smallest absolute Gasteiger partial charge is 0.328 e. The summed E-state index contributed by atoms with van der Waals surface area (Å²) in [4.78, 5) is 70.5. The Balaban J connectivity index is 5.41. The van der Waals surface area contributed by atoms with E-state index in [0.29, 0.717) is 12.2 Å². The van der Waals surface area contributed by atoms with Gasteiger partial charge in [-0.05, 0) is 18.4 Å². The van der Waals surface area contributed by atoms with Gasteiger partial charge in [0, 0.05) is 0 Å². The van der Waals surface area contributed by atoms with Crippen molar-refractivity contribution in [2.24, 2.45) is 17.2 Å². The Kier molecular flexibility index (Phi) is 12.8. The lowest BCUT2D eigenvalue weighted by atomic mass is 10.1. The van der Waals surface area contributed by atoms with Crippen LogP contribution in [0, 0.1) is 0 Å². The molecule has 11 N–H and O–H groups in total. The van der Waals surface area contributed by atoms with E-state index in [2.05, 4.69) is 10.6 Å². The molecule has 0 fully saturated rings. The first-order chi connectivity index (χ1) is 14.4. The topological polar surface area (TPSA) is 257 Å². The molecule has 0 aliphatic rings. The molecule has 176 valence electrons. The highest BCUT2D eigenvalue weighted by Crippen LogP contribution is 2.02. The molecule has 0 bridgehead atoms. The summed E-state index contributed by atoms with van der Waals surface area (Å²) in [5.74, 6) is -5.87. The van der Waals surface area contributed by atoms with E-state index in [0.717, 1.165) is 0 Å². The standard InChI is InChI=1S/C16H28N6O8S/c1-31-3-2-7(17)13(26)20-8(4-11(18)24)14(27)21-9(5-12(19)25)15(28)22-10(6-23)16(29)30/h7-10,23H,2-6,17H2,1H3,(H2,18,24)(H2,19,25)(H,20,26)(H,21,27)(H,22,28)(H,29,30). The van der Waals surface area contributed by atoms with Crippen LogP contribution in [0.5, 0.6) is 0 Å². The molecule has 0 rings (SSSR count). The molecule has 0 aromatic carbocycles. The summed E-state index contributed by atoms with van der Waals surface area (Å²) in [7, 11) is 0. The van der Waals surface area contributed by atoms with E-state index < -0.39 is 79.1 Å². The van der Waals surface area contributed by atoms with E-state index in [9.17, 15) is 28.8 Å². The number of carboxylic acid groups (broad SMARTS) is 1. The van der Waals surface area contributed by atoms with Gasteiger partial charge in [0.15, 0.2) is 0 Å². The molecular formula is C16H28N6O8S. The molecule has 0 aliphatic heterocycles. The highest BCUT2D eigenvalue weighted by molar-refractivity contribution is 7.98. The average Bonchev–Trinajstić information content (AvgIpc) is 2.67. The van der Waals surface area contributed by atoms with E-state index in [1.165, 1.54) is 11.8 Å². The molecule has 4 unspecified atom stereocenters. The van der Waals surface area contributed by atoms with Crippen LogP contribution in [0.1, 0.15) is 19.3 Å². The number of carbonyl (C=O) groups is 6.